The third-order valence-corrected chi connectivity index (χ3v) is 7.59. The third kappa shape index (κ3) is 6.41. The maximum atomic E-state index is 13.5. The smallest absolute Gasteiger partial charge is 0.241 e. The van der Waals surface area contributed by atoms with Crippen molar-refractivity contribution in [2.75, 3.05) is 37.7 Å². The molecule has 0 radical (unpaired) electrons. The van der Waals surface area contributed by atoms with Crippen LogP contribution in [-0.2, 0) is 21.2 Å². The monoisotopic (exact) mass is 511 g/mol. The number of ether oxygens (including phenoxy) is 1. The molecular formula is C27H30FN3O4S. The van der Waals surface area contributed by atoms with E-state index in [0.29, 0.717) is 38.5 Å². The van der Waals surface area contributed by atoms with Crippen LogP contribution in [0.4, 0.5) is 10.1 Å². The zero-order valence-corrected chi connectivity index (χ0v) is 21.0. The van der Waals surface area contributed by atoms with Crippen molar-refractivity contribution in [2.45, 2.75) is 24.3 Å². The van der Waals surface area contributed by atoms with Crippen LogP contribution in [0.2, 0.25) is 0 Å². The minimum atomic E-state index is -3.95. The zero-order chi connectivity index (χ0) is 25.5. The van der Waals surface area contributed by atoms with Crippen LogP contribution in [0, 0.1) is 5.82 Å². The fourth-order valence-corrected chi connectivity index (χ4v) is 5.41. The molecule has 1 N–H and O–H groups in total. The molecule has 36 heavy (non-hydrogen) atoms. The first-order valence-electron chi connectivity index (χ1n) is 11.9. The van der Waals surface area contributed by atoms with Gasteiger partial charge in [0.2, 0.25) is 15.9 Å². The molecule has 7 nitrogen and oxygen atoms in total. The van der Waals surface area contributed by atoms with E-state index in [1.54, 1.807) is 29.2 Å². The molecule has 0 bridgehead atoms. The minimum absolute atomic E-state index is 0.0675. The van der Waals surface area contributed by atoms with Gasteiger partial charge in [-0.25, -0.2) is 12.8 Å². The van der Waals surface area contributed by atoms with Gasteiger partial charge in [-0.15, -0.1) is 0 Å². The van der Waals surface area contributed by atoms with Gasteiger partial charge in [-0.05, 0) is 67.4 Å². The molecular weight excluding hydrogens is 481 g/mol. The molecule has 1 saturated heterocycles. The van der Waals surface area contributed by atoms with Crippen molar-refractivity contribution in [3.05, 3.63) is 90.2 Å². The van der Waals surface area contributed by atoms with E-state index in [4.69, 9.17) is 4.74 Å². The van der Waals surface area contributed by atoms with Crippen LogP contribution < -0.4 is 14.4 Å². The van der Waals surface area contributed by atoms with Crippen molar-refractivity contribution in [2.24, 2.45) is 0 Å². The topological polar surface area (TPSA) is 78.9 Å². The Morgan fingerprint density at radius 1 is 0.944 bits per heavy atom. The number of halogens is 1. The Balaban J connectivity index is 1.49. The second kappa shape index (κ2) is 11.5. The van der Waals surface area contributed by atoms with E-state index < -0.39 is 16.1 Å². The van der Waals surface area contributed by atoms with E-state index >= 15 is 0 Å². The number of rotatable bonds is 9. The van der Waals surface area contributed by atoms with Gasteiger partial charge in [-0.1, -0.05) is 30.3 Å². The second-order valence-electron chi connectivity index (χ2n) is 8.56. The molecule has 0 unspecified atom stereocenters. The highest BCUT2D eigenvalue weighted by molar-refractivity contribution is 7.89. The molecule has 190 valence electrons. The van der Waals surface area contributed by atoms with Gasteiger partial charge in [-0.2, -0.15) is 4.72 Å². The van der Waals surface area contributed by atoms with Crippen molar-refractivity contribution >= 4 is 21.6 Å². The SMILES string of the molecule is CCOc1ccc(S(=O)(=O)N[C@H](Cc2ccccc2)C(=O)N2CCN(c3ccc(F)cc3)CC2)cc1. The lowest BCUT2D eigenvalue weighted by atomic mass is 10.1. The highest BCUT2D eigenvalue weighted by Gasteiger charge is 2.31. The zero-order valence-electron chi connectivity index (χ0n) is 20.1. The largest absolute Gasteiger partial charge is 0.494 e. The fraction of sp³-hybridized carbons (Fsp3) is 0.296. The lowest BCUT2D eigenvalue weighted by Crippen LogP contribution is -2.55. The summed E-state index contributed by atoms with van der Waals surface area (Å²) in [5.74, 6) is 0.00985. The van der Waals surface area contributed by atoms with Crippen molar-refractivity contribution < 1.29 is 22.3 Å². The Bertz CT molecular complexity index is 1240. The molecule has 0 aliphatic carbocycles. The number of piperazine rings is 1. The summed E-state index contributed by atoms with van der Waals surface area (Å²) in [7, 11) is -3.95. The van der Waals surface area contributed by atoms with E-state index in [0.717, 1.165) is 11.3 Å². The lowest BCUT2D eigenvalue weighted by Gasteiger charge is -2.37. The van der Waals surface area contributed by atoms with Crippen molar-refractivity contribution in [3.8, 4) is 5.75 Å². The molecule has 0 saturated carbocycles. The van der Waals surface area contributed by atoms with Gasteiger partial charge >= 0.3 is 0 Å². The van der Waals surface area contributed by atoms with Crippen LogP contribution in [0.3, 0.4) is 0 Å². The number of benzene rings is 3. The van der Waals surface area contributed by atoms with Crippen LogP contribution >= 0.6 is 0 Å². The van der Waals surface area contributed by atoms with Crippen LogP contribution in [0.15, 0.2) is 83.8 Å². The molecule has 1 amide bonds. The van der Waals surface area contributed by atoms with Gasteiger partial charge in [0.15, 0.2) is 0 Å². The number of hydrogen-bond acceptors (Lipinski definition) is 5. The molecule has 4 rings (SSSR count). The Labute approximate surface area is 211 Å². The average Bonchev–Trinajstić information content (AvgIpc) is 2.89. The Kier molecular flexibility index (Phi) is 8.22. The third-order valence-electron chi connectivity index (χ3n) is 6.11. The van der Waals surface area contributed by atoms with Gasteiger partial charge in [0.25, 0.3) is 0 Å². The summed E-state index contributed by atoms with van der Waals surface area (Å²) in [6.07, 6.45) is 0.230. The molecule has 3 aromatic carbocycles. The number of sulfonamides is 1. The first kappa shape index (κ1) is 25.7. The second-order valence-corrected chi connectivity index (χ2v) is 10.3. The van der Waals surface area contributed by atoms with Gasteiger partial charge in [0.1, 0.15) is 17.6 Å². The van der Waals surface area contributed by atoms with Crippen LogP contribution in [-0.4, -0.2) is 58.1 Å². The van der Waals surface area contributed by atoms with Crippen LogP contribution in [0.25, 0.3) is 0 Å². The van der Waals surface area contributed by atoms with Crippen LogP contribution in [0.1, 0.15) is 12.5 Å². The Morgan fingerprint density at radius 2 is 1.58 bits per heavy atom. The summed E-state index contributed by atoms with van der Waals surface area (Å²) >= 11 is 0. The molecule has 9 heteroatoms. The number of carbonyl (C=O) groups excluding carboxylic acids is 1. The molecule has 0 aromatic heterocycles. The number of hydrogen-bond donors (Lipinski definition) is 1. The highest BCUT2D eigenvalue weighted by atomic mass is 32.2. The van der Waals surface area contributed by atoms with Gasteiger partial charge < -0.3 is 14.5 Å². The average molecular weight is 512 g/mol. The predicted octanol–water partition coefficient (Wildman–Crippen LogP) is 3.46. The predicted molar refractivity (Wildman–Crippen MR) is 137 cm³/mol. The Hall–Kier alpha value is -3.43. The molecule has 3 aromatic rings. The van der Waals surface area contributed by atoms with E-state index in [-0.39, 0.29) is 23.0 Å². The number of carbonyl (C=O) groups is 1. The summed E-state index contributed by atoms with van der Waals surface area (Å²) in [6.45, 7) is 4.35. The highest BCUT2D eigenvalue weighted by Crippen LogP contribution is 2.20. The van der Waals surface area contributed by atoms with E-state index in [9.17, 15) is 17.6 Å². The van der Waals surface area contributed by atoms with E-state index in [1.807, 2.05) is 37.3 Å². The number of nitrogens with one attached hydrogen (secondary N) is 1. The summed E-state index contributed by atoms with van der Waals surface area (Å²) in [5, 5.41) is 0. The first-order valence-corrected chi connectivity index (χ1v) is 13.4. The van der Waals surface area contributed by atoms with Gasteiger partial charge in [0.05, 0.1) is 11.5 Å². The molecule has 1 aliphatic heterocycles. The maximum absolute atomic E-state index is 13.5. The summed E-state index contributed by atoms with van der Waals surface area (Å²) < 4.78 is 47.7. The molecule has 1 atom stereocenters. The number of nitrogens with zero attached hydrogens (tertiary/aromatic N) is 2. The fourth-order valence-electron chi connectivity index (χ4n) is 4.22. The number of anilines is 1. The molecule has 1 fully saturated rings. The minimum Gasteiger partial charge on any atom is -0.494 e. The molecule has 1 aliphatic rings. The van der Waals surface area contributed by atoms with Gasteiger partial charge in [0, 0.05) is 31.9 Å². The first-order chi connectivity index (χ1) is 17.4. The van der Waals surface area contributed by atoms with Crippen molar-refractivity contribution in [1.29, 1.82) is 0 Å². The molecule has 0 spiro atoms. The quantitative estimate of drug-likeness (QED) is 0.476. The number of amides is 1. The van der Waals surface area contributed by atoms with Crippen molar-refractivity contribution in [3.63, 3.8) is 0 Å². The summed E-state index contributed by atoms with van der Waals surface area (Å²) in [4.78, 5) is 17.4. The summed E-state index contributed by atoms with van der Waals surface area (Å²) in [6, 6.07) is 20.8. The maximum Gasteiger partial charge on any atom is 0.241 e. The normalized spacial score (nSPS) is 14.9. The summed E-state index contributed by atoms with van der Waals surface area (Å²) in [5.41, 5.74) is 1.75. The van der Waals surface area contributed by atoms with Crippen molar-refractivity contribution in [1.82, 2.24) is 9.62 Å². The standard InChI is InChI=1S/C27H30FN3O4S/c1-2-35-24-12-14-25(15-13-24)36(33,34)29-26(20-21-6-4-3-5-7-21)27(32)31-18-16-30(17-19-31)23-10-8-22(28)9-11-23/h3-15,26,29H,2,16-20H2,1H3/t26-/m1/s1. The van der Waals surface area contributed by atoms with E-state index in [1.165, 1.54) is 24.3 Å². The molecule has 1 heterocycles. The lowest BCUT2D eigenvalue weighted by molar-refractivity contribution is -0.133. The van der Waals surface area contributed by atoms with E-state index in [2.05, 4.69) is 9.62 Å². The van der Waals surface area contributed by atoms with Crippen LogP contribution in [0.5, 0.6) is 5.75 Å². The Morgan fingerprint density at radius 3 is 2.19 bits per heavy atom. The van der Waals surface area contributed by atoms with Gasteiger partial charge in [-0.3, -0.25) is 4.79 Å².